The standard InChI is InChI=1S/C11H21N/c1-5-8-9-11(12-4)10(6-2)7-3/h10-12H,6-7,9H2,1-4H3. The van der Waals surface area contributed by atoms with Crippen molar-refractivity contribution >= 4 is 0 Å². The average Bonchev–Trinajstić information content (AvgIpc) is 2.12. The van der Waals surface area contributed by atoms with E-state index in [4.69, 9.17) is 0 Å². The van der Waals surface area contributed by atoms with Gasteiger partial charge in [0, 0.05) is 12.5 Å². The Labute approximate surface area is 76.9 Å². The van der Waals surface area contributed by atoms with Gasteiger partial charge in [0.1, 0.15) is 0 Å². The van der Waals surface area contributed by atoms with E-state index in [0.29, 0.717) is 6.04 Å². The van der Waals surface area contributed by atoms with Gasteiger partial charge in [-0.3, -0.25) is 0 Å². The van der Waals surface area contributed by atoms with Crippen molar-refractivity contribution in [1.29, 1.82) is 0 Å². The monoisotopic (exact) mass is 167 g/mol. The third kappa shape index (κ3) is 3.78. The Balaban J connectivity index is 3.98. The smallest absolute Gasteiger partial charge is 0.0245 e. The summed E-state index contributed by atoms with van der Waals surface area (Å²) in [5.74, 6) is 6.86. The maximum Gasteiger partial charge on any atom is 0.0245 e. The molecule has 0 saturated heterocycles. The summed E-state index contributed by atoms with van der Waals surface area (Å²) in [6.45, 7) is 6.40. The van der Waals surface area contributed by atoms with Crippen LogP contribution in [0.5, 0.6) is 0 Å². The first kappa shape index (κ1) is 11.5. The topological polar surface area (TPSA) is 12.0 Å². The summed E-state index contributed by atoms with van der Waals surface area (Å²) in [6, 6.07) is 0.576. The van der Waals surface area contributed by atoms with E-state index in [1.807, 2.05) is 14.0 Å². The van der Waals surface area contributed by atoms with Crippen LogP contribution in [0.2, 0.25) is 0 Å². The largest absolute Gasteiger partial charge is 0.316 e. The molecule has 0 radical (unpaired) electrons. The van der Waals surface area contributed by atoms with Crippen LogP contribution in [0, 0.1) is 17.8 Å². The zero-order valence-corrected chi connectivity index (χ0v) is 8.78. The molecule has 1 heteroatoms. The number of hydrogen-bond acceptors (Lipinski definition) is 1. The van der Waals surface area contributed by atoms with Gasteiger partial charge in [-0.25, -0.2) is 0 Å². The number of hydrogen-bond donors (Lipinski definition) is 1. The van der Waals surface area contributed by atoms with Crippen molar-refractivity contribution in [2.75, 3.05) is 7.05 Å². The van der Waals surface area contributed by atoms with Gasteiger partial charge in [-0.15, -0.1) is 11.8 Å². The third-order valence-electron chi connectivity index (χ3n) is 2.49. The second-order valence-corrected chi connectivity index (χ2v) is 3.10. The summed E-state index contributed by atoms with van der Waals surface area (Å²) >= 11 is 0. The van der Waals surface area contributed by atoms with E-state index in [1.165, 1.54) is 12.8 Å². The SMILES string of the molecule is CC#CCC(NC)C(CC)CC. The predicted molar refractivity (Wildman–Crippen MR) is 55.0 cm³/mol. The molecule has 0 heterocycles. The molecular weight excluding hydrogens is 146 g/mol. The first-order chi connectivity index (χ1) is 5.79. The van der Waals surface area contributed by atoms with Gasteiger partial charge in [0.25, 0.3) is 0 Å². The molecule has 0 fully saturated rings. The minimum Gasteiger partial charge on any atom is -0.316 e. The zero-order valence-electron chi connectivity index (χ0n) is 8.78. The van der Waals surface area contributed by atoms with Gasteiger partial charge in [0.2, 0.25) is 0 Å². The summed E-state index contributed by atoms with van der Waals surface area (Å²) < 4.78 is 0. The quantitative estimate of drug-likeness (QED) is 0.620. The lowest BCUT2D eigenvalue weighted by Crippen LogP contribution is -2.32. The maximum atomic E-state index is 3.34. The molecule has 0 aromatic rings. The summed E-state index contributed by atoms with van der Waals surface area (Å²) in [7, 11) is 2.03. The molecule has 1 atom stereocenters. The van der Waals surface area contributed by atoms with Gasteiger partial charge in [0.05, 0.1) is 0 Å². The van der Waals surface area contributed by atoms with Crippen molar-refractivity contribution in [1.82, 2.24) is 5.32 Å². The van der Waals surface area contributed by atoms with E-state index >= 15 is 0 Å². The van der Waals surface area contributed by atoms with Crippen LogP contribution in [0.3, 0.4) is 0 Å². The molecule has 0 aliphatic rings. The third-order valence-corrected chi connectivity index (χ3v) is 2.49. The fourth-order valence-electron chi connectivity index (χ4n) is 1.57. The lowest BCUT2D eigenvalue weighted by Gasteiger charge is -2.22. The van der Waals surface area contributed by atoms with Gasteiger partial charge >= 0.3 is 0 Å². The molecule has 1 nitrogen and oxygen atoms in total. The van der Waals surface area contributed by atoms with Gasteiger partial charge in [-0.1, -0.05) is 26.7 Å². The summed E-state index contributed by atoms with van der Waals surface area (Å²) in [5, 5.41) is 3.34. The molecule has 0 spiro atoms. The molecule has 0 aromatic heterocycles. The van der Waals surface area contributed by atoms with Gasteiger partial charge in [-0.2, -0.15) is 0 Å². The fourth-order valence-corrected chi connectivity index (χ4v) is 1.57. The Morgan fingerprint density at radius 3 is 2.17 bits per heavy atom. The Morgan fingerprint density at radius 2 is 1.83 bits per heavy atom. The minimum atomic E-state index is 0.576. The highest BCUT2D eigenvalue weighted by Gasteiger charge is 2.14. The van der Waals surface area contributed by atoms with Gasteiger partial charge in [-0.05, 0) is 19.9 Å². The highest BCUT2D eigenvalue weighted by atomic mass is 14.9. The van der Waals surface area contributed by atoms with E-state index in [9.17, 15) is 0 Å². The first-order valence-electron chi connectivity index (χ1n) is 4.86. The van der Waals surface area contributed by atoms with Crippen LogP contribution in [0.15, 0.2) is 0 Å². The normalized spacial score (nSPS) is 12.4. The van der Waals surface area contributed by atoms with Crippen molar-refractivity contribution < 1.29 is 0 Å². The lowest BCUT2D eigenvalue weighted by molar-refractivity contribution is 0.356. The van der Waals surface area contributed by atoms with E-state index in [0.717, 1.165) is 12.3 Å². The van der Waals surface area contributed by atoms with Crippen LogP contribution in [0.25, 0.3) is 0 Å². The Hall–Kier alpha value is -0.480. The van der Waals surface area contributed by atoms with Crippen LogP contribution < -0.4 is 5.32 Å². The molecule has 0 bridgehead atoms. The molecule has 0 rings (SSSR count). The van der Waals surface area contributed by atoms with Crippen molar-refractivity contribution in [3.63, 3.8) is 0 Å². The molecule has 12 heavy (non-hydrogen) atoms. The predicted octanol–water partition coefficient (Wildman–Crippen LogP) is 2.42. The molecule has 0 aromatic carbocycles. The molecule has 70 valence electrons. The molecule has 0 aliphatic carbocycles. The van der Waals surface area contributed by atoms with Crippen molar-refractivity contribution in [2.45, 2.75) is 46.1 Å². The summed E-state index contributed by atoms with van der Waals surface area (Å²) in [6.07, 6.45) is 3.47. The molecular formula is C11H21N. The van der Waals surface area contributed by atoms with E-state index in [-0.39, 0.29) is 0 Å². The van der Waals surface area contributed by atoms with E-state index in [2.05, 4.69) is 31.0 Å². The second kappa shape index (κ2) is 7.18. The van der Waals surface area contributed by atoms with Crippen molar-refractivity contribution in [3.8, 4) is 11.8 Å². The lowest BCUT2D eigenvalue weighted by atomic mass is 9.92. The van der Waals surface area contributed by atoms with Gasteiger partial charge < -0.3 is 5.32 Å². The van der Waals surface area contributed by atoms with Crippen molar-refractivity contribution in [3.05, 3.63) is 0 Å². The van der Waals surface area contributed by atoms with Gasteiger partial charge in [0.15, 0.2) is 0 Å². The second-order valence-electron chi connectivity index (χ2n) is 3.10. The number of rotatable bonds is 5. The minimum absolute atomic E-state index is 0.576. The summed E-state index contributed by atoms with van der Waals surface area (Å²) in [5.41, 5.74) is 0. The fraction of sp³-hybridized carbons (Fsp3) is 0.818. The molecule has 0 saturated carbocycles. The van der Waals surface area contributed by atoms with E-state index in [1.54, 1.807) is 0 Å². The first-order valence-corrected chi connectivity index (χ1v) is 4.86. The maximum absolute atomic E-state index is 3.34. The highest BCUT2D eigenvalue weighted by molar-refractivity contribution is 4.99. The highest BCUT2D eigenvalue weighted by Crippen LogP contribution is 2.14. The molecule has 1 unspecified atom stereocenters. The zero-order chi connectivity index (χ0) is 9.40. The Morgan fingerprint density at radius 1 is 1.25 bits per heavy atom. The van der Waals surface area contributed by atoms with Crippen LogP contribution in [-0.4, -0.2) is 13.1 Å². The summed E-state index contributed by atoms with van der Waals surface area (Å²) in [4.78, 5) is 0. The van der Waals surface area contributed by atoms with Crippen LogP contribution in [0.4, 0.5) is 0 Å². The van der Waals surface area contributed by atoms with E-state index < -0.39 is 0 Å². The Kier molecular flexibility index (Phi) is 6.90. The Bertz CT molecular complexity index is 148. The number of nitrogens with one attached hydrogen (secondary N) is 1. The van der Waals surface area contributed by atoms with Crippen molar-refractivity contribution in [2.24, 2.45) is 5.92 Å². The molecule has 0 aliphatic heterocycles. The average molecular weight is 167 g/mol. The van der Waals surface area contributed by atoms with Crippen LogP contribution in [-0.2, 0) is 0 Å². The van der Waals surface area contributed by atoms with Crippen LogP contribution >= 0.6 is 0 Å². The van der Waals surface area contributed by atoms with Crippen LogP contribution in [0.1, 0.15) is 40.0 Å². The molecule has 0 amide bonds. The molecule has 1 N–H and O–H groups in total.